The predicted octanol–water partition coefficient (Wildman–Crippen LogP) is 3.18. The lowest BCUT2D eigenvalue weighted by molar-refractivity contribution is -0.155. The maximum absolute atomic E-state index is 12.3. The molecule has 2 fully saturated rings. The molecule has 2 aliphatic rings. The van der Waals surface area contributed by atoms with Gasteiger partial charge in [-0.1, -0.05) is 18.6 Å². The molecule has 0 aromatic heterocycles. The second kappa shape index (κ2) is 7.38. The van der Waals surface area contributed by atoms with Crippen LogP contribution in [-0.2, 0) is 19.1 Å². The van der Waals surface area contributed by atoms with Crippen molar-refractivity contribution in [1.82, 2.24) is 0 Å². The molecule has 0 heterocycles. The van der Waals surface area contributed by atoms with E-state index in [1.54, 1.807) is 0 Å². The fraction of sp³-hybridized carbons (Fsp3) is 0.550. The van der Waals surface area contributed by atoms with Crippen molar-refractivity contribution in [2.24, 2.45) is 17.8 Å². The molecule has 1 aromatic rings. The summed E-state index contributed by atoms with van der Waals surface area (Å²) in [6.45, 7) is 3.63. The van der Waals surface area contributed by atoms with E-state index in [0.717, 1.165) is 36.1 Å². The Hall–Kier alpha value is -2.17. The molecular formula is C20H25NO4. The van der Waals surface area contributed by atoms with E-state index in [1.165, 1.54) is 0 Å². The average Bonchev–Trinajstić information content (AvgIpc) is 2.56. The van der Waals surface area contributed by atoms with Gasteiger partial charge in [0.2, 0.25) is 0 Å². The van der Waals surface area contributed by atoms with Crippen molar-refractivity contribution in [3.63, 3.8) is 0 Å². The molecule has 3 rings (SSSR count). The van der Waals surface area contributed by atoms with Gasteiger partial charge in [-0.25, -0.2) is 0 Å². The first kappa shape index (κ1) is 17.6. The van der Waals surface area contributed by atoms with Crippen molar-refractivity contribution in [2.45, 2.75) is 46.0 Å². The summed E-state index contributed by atoms with van der Waals surface area (Å²) in [5, 5.41) is 2.79. The Kier molecular flexibility index (Phi) is 5.21. The number of amides is 1. The second-order valence-electron chi connectivity index (χ2n) is 7.30. The van der Waals surface area contributed by atoms with E-state index >= 15 is 0 Å². The molecular weight excluding hydrogens is 318 g/mol. The van der Waals surface area contributed by atoms with Crippen LogP contribution in [0.15, 0.2) is 18.2 Å². The normalized spacial score (nSPS) is 25.4. The molecule has 1 amide bonds. The number of carbonyl (C=O) groups is 3. The van der Waals surface area contributed by atoms with Crippen LogP contribution in [-0.4, -0.2) is 24.3 Å². The number of nitrogens with one attached hydrogen (secondary N) is 1. The summed E-state index contributed by atoms with van der Waals surface area (Å²) in [4.78, 5) is 36.5. The standard InChI is InChI=1S/C20H25NO4/c1-12-5-3-8-17(13(12)2)21-18(22)11-25-20(24)16-9-14-6-4-7-15(10-16)19(14)23/h3,5,8,14-16H,4,6-7,9-11H2,1-2H3,(H,21,22)/t14-,15-/m1/s1. The van der Waals surface area contributed by atoms with Crippen LogP contribution in [0.2, 0.25) is 0 Å². The van der Waals surface area contributed by atoms with Crippen LogP contribution in [0.4, 0.5) is 5.69 Å². The maximum Gasteiger partial charge on any atom is 0.309 e. The lowest BCUT2D eigenvalue weighted by Crippen LogP contribution is -2.40. The van der Waals surface area contributed by atoms with Crippen molar-refractivity contribution >= 4 is 23.3 Å². The Morgan fingerprint density at radius 2 is 1.84 bits per heavy atom. The first-order chi connectivity index (χ1) is 12.0. The zero-order valence-corrected chi connectivity index (χ0v) is 14.8. The summed E-state index contributed by atoms with van der Waals surface area (Å²) in [7, 11) is 0. The number of aryl methyl sites for hydroxylation is 1. The molecule has 5 nitrogen and oxygen atoms in total. The molecule has 1 N–H and O–H groups in total. The molecule has 2 atom stereocenters. The number of ether oxygens (including phenoxy) is 1. The van der Waals surface area contributed by atoms with Crippen molar-refractivity contribution in [2.75, 3.05) is 11.9 Å². The summed E-state index contributed by atoms with van der Waals surface area (Å²) in [6, 6.07) is 5.68. The van der Waals surface area contributed by atoms with Crippen molar-refractivity contribution in [1.29, 1.82) is 0 Å². The molecule has 2 saturated carbocycles. The van der Waals surface area contributed by atoms with Crippen LogP contribution >= 0.6 is 0 Å². The minimum atomic E-state index is -0.347. The summed E-state index contributed by atoms with van der Waals surface area (Å²) >= 11 is 0. The van der Waals surface area contributed by atoms with Gasteiger partial charge in [-0.3, -0.25) is 14.4 Å². The number of benzene rings is 1. The highest BCUT2D eigenvalue weighted by atomic mass is 16.5. The third-order valence-corrected chi connectivity index (χ3v) is 5.61. The molecule has 134 valence electrons. The third kappa shape index (κ3) is 3.91. The van der Waals surface area contributed by atoms with Crippen LogP contribution in [0.3, 0.4) is 0 Å². The van der Waals surface area contributed by atoms with E-state index < -0.39 is 0 Å². The number of hydrogen-bond acceptors (Lipinski definition) is 4. The number of rotatable bonds is 4. The van der Waals surface area contributed by atoms with E-state index in [-0.39, 0.29) is 36.2 Å². The van der Waals surface area contributed by atoms with E-state index in [4.69, 9.17) is 4.74 Å². The van der Waals surface area contributed by atoms with Gasteiger partial charge in [-0.15, -0.1) is 0 Å². The zero-order chi connectivity index (χ0) is 18.0. The topological polar surface area (TPSA) is 72.5 Å². The molecule has 1 aromatic carbocycles. The summed E-state index contributed by atoms with van der Waals surface area (Å²) in [5.74, 6) is -0.596. The number of fused-ring (bicyclic) bond motifs is 2. The summed E-state index contributed by atoms with van der Waals surface area (Å²) < 4.78 is 5.22. The molecule has 5 heteroatoms. The van der Waals surface area contributed by atoms with Crippen LogP contribution in [0.5, 0.6) is 0 Å². The van der Waals surface area contributed by atoms with Gasteiger partial charge in [0.1, 0.15) is 5.78 Å². The van der Waals surface area contributed by atoms with Gasteiger partial charge in [-0.05, 0) is 56.7 Å². The first-order valence-electron chi connectivity index (χ1n) is 9.02. The van der Waals surface area contributed by atoms with Crippen molar-refractivity contribution < 1.29 is 19.1 Å². The largest absolute Gasteiger partial charge is 0.455 e. The highest BCUT2D eigenvalue weighted by Crippen LogP contribution is 2.40. The van der Waals surface area contributed by atoms with Gasteiger partial charge in [0, 0.05) is 17.5 Å². The van der Waals surface area contributed by atoms with Crippen LogP contribution in [0.1, 0.15) is 43.2 Å². The highest BCUT2D eigenvalue weighted by Gasteiger charge is 2.41. The highest BCUT2D eigenvalue weighted by molar-refractivity contribution is 5.94. The van der Waals surface area contributed by atoms with Crippen LogP contribution in [0.25, 0.3) is 0 Å². The number of Topliss-reactive ketones (excluding diaryl/α,β-unsaturated/α-hetero) is 1. The van der Waals surface area contributed by atoms with Crippen molar-refractivity contribution in [3.05, 3.63) is 29.3 Å². The number of esters is 1. The number of ketones is 1. The predicted molar refractivity (Wildman–Crippen MR) is 94.1 cm³/mol. The number of anilines is 1. The molecule has 2 bridgehead atoms. The molecule has 0 saturated heterocycles. The average molecular weight is 343 g/mol. The Bertz CT molecular complexity index is 681. The fourth-order valence-electron chi connectivity index (χ4n) is 4.00. The minimum Gasteiger partial charge on any atom is -0.455 e. The molecule has 0 aliphatic heterocycles. The monoisotopic (exact) mass is 343 g/mol. The third-order valence-electron chi connectivity index (χ3n) is 5.61. The fourth-order valence-corrected chi connectivity index (χ4v) is 4.00. The van der Waals surface area contributed by atoms with Gasteiger partial charge in [0.15, 0.2) is 6.61 Å². The van der Waals surface area contributed by atoms with E-state index in [1.807, 2.05) is 32.0 Å². The van der Waals surface area contributed by atoms with Gasteiger partial charge in [0.25, 0.3) is 5.91 Å². The Morgan fingerprint density at radius 1 is 1.16 bits per heavy atom. The lowest BCUT2D eigenvalue weighted by atomic mass is 9.67. The smallest absolute Gasteiger partial charge is 0.309 e. The van der Waals surface area contributed by atoms with Gasteiger partial charge in [0.05, 0.1) is 5.92 Å². The maximum atomic E-state index is 12.3. The molecule has 25 heavy (non-hydrogen) atoms. The molecule has 0 spiro atoms. The van der Waals surface area contributed by atoms with Gasteiger partial charge >= 0.3 is 5.97 Å². The second-order valence-corrected chi connectivity index (χ2v) is 7.30. The summed E-state index contributed by atoms with van der Waals surface area (Å²) in [6.07, 6.45) is 3.99. The van der Waals surface area contributed by atoms with Crippen LogP contribution in [0, 0.1) is 31.6 Å². The Morgan fingerprint density at radius 3 is 2.52 bits per heavy atom. The number of hydrogen-bond donors (Lipinski definition) is 1. The first-order valence-corrected chi connectivity index (χ1v) is 9.02. The number of carbonyl (C=O) groups excluding carboxylic acids is 3. The van der Waals surface area contributed by atoms with E-state index in [2.05, 4.69) is 5.32 Å². The Balaban J connectivity index is 1.51. The van der Waals surface area contributed by atoms with Gasteiger partial charge in [-0.2, -0.15) is 0 Å². The van der Waals surface area contributed by atoms with Gasteiger partial charge < -0.3 is 10.1 Å². The summed E-state index contributed by atoms with van der Waals surface area (Å²) in [5.41, 5.74) is 2.83. The molecule has 2 aliphatic carbocycles. The SMILES string of the molecule is Cc1cccc(NC(=O)COC(=O)C2C[C@H]3CCC[C@H](C2)C3=O)c1C. The Labute approximate surface area is 148 Å². The zero-order valence-electron chi connectivity index (χ0n) is 14.8. The van der Waals surface area contributed by atoms with Crippen LogP contribution < -0.4 is 5.32 Å². The molecule has 0 unspecified atom stereocenters. The quantitative estimate of drug-likeness (QED) is 0.852. The lowest BCUT2D eigenvalue weighted by Gasteiger charge is -2.36. The minimum absolute atomic E-state index is 0.00817. The van der Waals surface area contributed by atoms with E-state index in [0.29, 0.717) is 18.6 Å². The van der Waals surface area contributed by atoms with Crippen molar-refractivity contribution in [3.8, 4) is 0 Å². The molecule has 0 radical (unpaired) electrons. The van der Waals surface area contributed by atoms with E-state index in [9.17, 15) is 14.4 Å².